The van der Waals surface area contributed by atoms with E-state index in [2.05, 4.69) is 21.8 Å². The second kappa shape index (κ2) is 4.13. The number of rotatable bonds is 1. The van der Waals surface area contributed by atoms with Crippen molar-refractivity contribution in [2.24, 2.45) is 5.92 Å². The largest absolute Gasteiger partial charge is 0.341 e. The Hall–Kier alpha value is -0.830. The lowest BCUT2D eigenvalue weighted by Crippen LogP contribution is -2.35. The van der Waals surface area contributed by atoms with Gasteiger partial charge >= 0.3 is 0 Å². The number of aromatic nitrogens is 2. The Morgan fingerprint density at radius 3 is 3.14 bits per heavy atom. The van der Waals surface area contributed by atoms with Crippen LogP contribution in [0.5, 0.6) is 0 Å². The monoisotopic (exact) mass is 211 g/mol. The molecule has 0 radical (unpaired) electrons. The van der Waals surface area contributed by atoms with Crippen LogP contribution in [0.1, 0.15) is 19.8 Å². The van der Waals surface area contributed by atoms with Gasteiger partial charge in [0.05, 0.1) is 0 Å². The van der Waals surface area contributed by atoms with Gasteiger partial charge in [-0.25, -0.2) is 9.97 Å². The summed E-state index contributed by atoms with van der Waals surface area (Å²) in [7, 11) is 0. The van der Waals surface area contributed by atoms with E-state index in [0.717, 1.165) is 25.0 Å². The van der Waals surface area contributed by atoms with Crippen molar-refractivity contribution in [2.45, 2.75) is 19.8 Å². The third kappa shape index (κ3) is 2.15. The van der Waals surface area contributed by atoms with Gasteiger partial charge < -0.3 is 4.90 Å². The molecule has 0 aromatic carbocycles. The number of anilines is 1. The van der Waals surface area contributed by atoms with E-state index in [1.807, 2.05) is 0 Å². The zero-order valence-corrected chi connectivity index (χ0v) is 9.04. The first kappa shape index (κ1) is 9.71. The number of halogens is 1. The molecule has 1 aliphatic heterocycles. The first-order chi connectivity index (χ1) is 6.75. The summed E-state index contributed by atoms with van der Waals surface area (Å²) in [6.07, 6.45) is 4.23. The Kier molecular flexibility index (Phi) is 2.87. The molecule has 1 saturated heterocycles. The molecule has 2 rings (SSSR count). The van der Waals surface area contributed by atoms with Crippen LogP contribution in [0.4, 0.5) is 5.95 Å². The molecule has 1 atom stereocenters. The third-order valence-electron chi connectivity index (χ3n) is 2.55. The van der Waals surface area contributed by atoms with Crippen LogP contribution in [-0.4, -0.2) is 23.1 Å². The lowest BCUT2D eigenvalue weighted by atomic mass is 10.0. The fourth-order valence-electron chi connectivity index (χ4n) is 1.85. The van der Waals surface area contributed by atoms with Gasteiger partial charge in [0.2, 0.25) is 5.95 Å². The van der Waals surface area contributed by atoms with Crippen molar-refractivity contribution < 1.29 is 0 Å². The smallest absolute Gasteiger partial charge is 0.226 e. The Bertz CT molecular complexity index is 316. The molecule has 4 heteroatoms. The molecule has 0 bridgehead atoms. The highest BCUT2D eigenvalue weighted by atomic mass is 35.5. The van der Waals surface area contributed by atoms with E-state index in [0.29, 0.717) is 5.15 Å². The summed E-state index contributed by atoms with van der Waals surface area (Å²) in [6, 6.07) is 1.71. The summed E-state index contributed by atoms with van der Waals surface area (Å²) in [6.45, 7) is 4.35. The number of hydrogen-bond donors (Lipinski definition) is 0. The van der Waals surface area contributed by atoms with Crippen LogP contribution in [-0.2, 0) is 0 Å². The van der Waals surface area contributed by atoms with Gasteiger partial charge in [0.1, 0.15) is 5.15 Å². The van der Waals surface area contributed by atoms with Crippen molar-refractivity contribution >= 4 is 17.5 Å². The molecular formula is C10H14ClN3. The normalized spacial score (nSPS) is 22.4. The minimum absolute atomic E-state index is 0.522. The maximum absolute atomic E-state index is 5.82. The van der Waals surface area contributed by atoms with E-state index in [4.69, 9.17) is 11.6 Å². The summed E-state index contributed by atoms with van der Waals surface area (Å²) in [5.41, 5.74) is 0. The fraction of sp³-hybridized carbons (Fsp3) is 0.600. The van der Waals surface area contributed by atoms with Crippen molar-refractivity contribution in [3.05, 3.63) is 17.4 Å². The van der Waals surface area contributed by atoms with Crippen LogP contribution in [0.2, 0.25) is 5.15 Å². The first-order valence-electron chi connectivity index (χ1n) is 4.99. The topological polar surface area (TPSA) is 29.0 Å². The molecule has 1 unspecified atom stereocenters. The molecule has 1 aliphatic rings. The van der Waals surface area contributed by atoms with Crippen LogP contribution < -0.4 is 4.90 Å². The molecule has 14 heavy (non-hydrogen) atoms. The fourth-order valence-corrected chi connectivity index (χ4v) is 1.98. The molecule has 0 spiro atoms. The summed E-state index contributed by atoms with van der Waals surface area (Å²) in [4.78, 5) is 10.6. The van der Waals surface area contributed by atoms with E-state index in [-0.39, 0.29) is 0 Å². The van der Waals surface area contributed by atoms with Crippen LogP contribution in [0.25, 0.3) is 0 Å². The number of piperidine rings is 1. The van der Waals surface area contributed by atoms with E-state index < -0.39 is 0 Å². The molecule has 76 valence electrons. The van der Waals surface area contributed by atoms with Gasteiger partial charge in [-0.3, -0.25) is 0 Å². The lowest BCUT2D eigenvalue weighted by Gasteiger charge is -2.30. The standard InChI is InChI=1S/C10H14ClN3/c1-8-3-2-6-14(7-8)10-12-5-4-9(11)13-10/h4-5,8H,2-3,6-7H2,1H3. The highest BCUT2D eigenvalue weighted by Crippen LogP contribution is 2.20. The van der Waals surface area contributed by atoms with Gasteiger partial charge in [0, 0.05) is 19.3 Å². The zero-order valence-electron chi connectivity index (χ0n) is 8.28. The quantitative estimate of drug-likeness (QED) is 0.668. The predicted octanol–water partition coefficient (Wildman–Crippen LogP) is 2.37. The van der Waals surface area contributed by atoms with Crippen molar-refractivity contribution in [3.63, 3.8) is 0 Å². The van der Waals surface area contributed by atoms with E-state index in [1.165, 1.54) is 12.8 Å². The SMILES string of the molecule is CC1CCCN(c2nccc(Cl)n2)C1. The highest BCUT2D eigenvalue weighted by molar-refractivity contribution is 6.29. The van der Waals surface area contributed by atoms with Gasteiger partial charge in [-0.15, -0.1) is 0 Å². The van der Waals surface area contributed by atoms with Crippen LogP contribution >= 0.6 is 11.6 Å². The zero-order chi connectivity index (χ0) is 9.97. The molecule has 0 N–H and O–H groups in total. The van der Waals surface area contributed by atoms with Crippen LogP contribution in [0.15, 0.2) is 12.3 Å². The average Bonchev–Trinajstić information content (AvgIpc) is 2.18. The second-order valence-electron chi connectivity index (χ2n) is 3.87. The minimum atomic E-state index is 0.522. The van der Waals surface area contributed by atoms with Gasteiger partial charge in [0.25, 0.3) is 0 Å². The molecule has 0 amide bonds. The van der Waals surface area contributed by atoms with Gasteiger partial charge in [0.15, 0.2) is 0 Å². The predicted molar refractivity (Wildman–Crippen MR) is 57.7 cm³/mol. The van der Waals surface area contributed by atoms with Gasteiger partial charge in [-0.1, -0.05) is 18.5 Å². The van der Waals surface area contributed by atoms with Crippen LogP contribution in [0, 0.1) is 5.92 Å². The molecule has 1 fully saturated rings. The summed E-state index contributed by atoms with van der Waals surface area (Å²) in [5, 5.41) is 0.522. The second-order valence-corrected chi connectivity index (χ2v) is 4.26. The average molecular weight is 212 g/mol. The van der Waals surface area contributed by atoms with Crippen LogP contribution in [0.3, 0.4) is 0 Å². The van der Waals surface area contributed by atoms with Crippen molar-refractivity contribution in [3.8, 4) is 0 Å². The van der Waals surface area contributed by atoms with E-state index in [9.17, 15) is 0 Å². The van der Waals surface area contributed by atoms with Crippen molar-refractivity contribution in [2.75, 3.05) is 18.0 Å². The van der Waals surface area contributed by atoms with E-state index >= 15 is 0 Å². The van der Waals surface area contributed by atoms with Crippen molar-refractivity contribution in [1.29, 1.82) is 0 Å². The lowest BCUT2D eigenvalue weighted by molar-refractivity contribution is 0.442. The van der Waals surface area contributed by atoms with Gasteiger partial charge in [-0.05, 0) is 24.8 Å². The summed E-state index contributed by atoms with van der Waals surface area (Å²) in [5.74, 6) is 1.50. The number of hydrogen-bond acceptors (Lipinski definition) is 3. The third-order valence-corrected chi connectivity index (χ3v) is 2.76. The Morgan fingerprint density at radius 2 is 2.43 bits per heavy atom. The maximum atomic E-state index is 5.82. The first-order valence-corrected chi connectivity index (χ1v) is 5.37. The van der Waals surface area contributed by atoms with Crippen molar-refractivity contribution in [1.82, 2.24) is 9.97 Å². The molecule has 0 aliphatic carbocycles. The Labute approximate surface area is 89.1 Å². The molecule has 0 saturated carbocycles. The minimum Gasteiger partial charge on any atom is -0.341 e. The summed E-state index contributed by atoms with van der Waals surface area (Å²) >= 11 is 5.82. The molecule has 3 nitrogen and oxygen atoms in total. The Morgan fingerprint density at radius 1 is 1.57 bits per heavy atom. The maximum Gasteiger partial charge on any atom is 0.226 e. The molecular weight excluding hydrogens is 198 g/mol. The highest BCUT2D eigenvalue weighted by Gasteiger charge is 2.18. The van der Waals surface area contributed by atoms with Gasteiger partial charge in [-0.2, -0.15) is 0 Å². The summed E-state index contributed by atoms with van der Waals surface area (Å²) < 4.78 is 0. The number of nitrogens with zero attached hydrogens (tertiary/aromatic N) is 3. The Balaban J connectivity index is 2.14. The molecule has 1 aromatic heterocycles. The molecule has 2 heterocycles. The van der Waals surface area contributed by atoms with E-state index in [1.54, 1.807) is 12.3 Å². The molecule has 1 aromatic rings.